The Morgan fingerprint density at radius 1 is 1.24 bits per heavy atom. The lowest BCUT2D eigenvalue weighted by atomic mass is 9.75. The van der Waals surface area contributed by atoms with Crippen molar-refractivity contribution in [2.24, 2.45) is 17.8 Å². The molecule has 1 amide bonds. The summed E-state index contributed by atoms with van der Waals surface area (Å²) in [7, 11) is 0. The standard InChI is InChI=1S/C25H28Cl2N4O3/c1-14(2)16-7-6-15(3)9-21(16)34-13-31-12-18(17-5-4-8-29-24(17)31)23(32)25(33)30-22-19(26)10-28-11-20(22)27/h4-5,8,10-12,14-16,21H,6-7,9,13H2,1-3H3,(H,28,30,33)/t15-,16+,21-/m1/s1. The van der Waals surface area contributed by atoms with E-state index in [9.17, 15) is 9.59 Å². The lowest BCUT2D eigenvalue weighted by Crippen LogP contribution is -2.34. The van der Waals surface area contributed by atoms with E-state index >= 15 is 0 Å². The SMILES string of the molecule is CC(C)[C@@H]1CC[C@@H](C)C[C@H]1OCn1cc(C(=O)C(=O)Nc2c(Cl)cncc2Cl)c2cccnc21. The van der Waals surface area contributed by atoms with E-state index in [4.69, 9.17) is 27.9 Å². The molecule has 3 aromatic heterocycles. The average Bonchev–Trinajstić information content (AvgIpc) is 3.18. The number of hydrogen-bond acceptors (Lipinski definition) is 5. The van der Waals surface area contributed by atoms with Crippen molar-refractivity contribution in [3.05, 3.63) is 52.5 Å². The summed E-state index contributed by atoms with van der Waals surface area (Å²) >= 11 is 12.2. The molecule has 34 heavy (non-hydrogen) atoms. The van der Waals surface area contributed by atoms with Crippen LogP contribution in [-0.2, 0) is 16.3 Å². The number of nitrogens with zero attached hydrogens (tertiary/aromatic N) is 3. The number of pyridine rings is 2. The molecule has 1 aliphatic carbocycles. The molecule has 0 radical (unpaired) electrons. The third-order valence-corrected chi connectivity index (χ3v) is 7.14. The quantitative estimate of drug-likeness (QED) is 0.316. The van der Waals surface area contributed by atoms with E-state index in [1.54, 1.807) is 29.1 Å². The van der Waals surface area contributed by atoms with Crippen molar-refractivity contribution in [3.63, 3.8) is 0 Å². The Morgan fingerprint density at radius 2 is 1.97 bits per heavy atom. The van der Waals surface area contributed by atoms with Crippen molar-refractivity contribution in [2.45, 2.75) is 52.9 Å². The van der Waals surface area contributed by atoms with E-state index < -0.39 is 11.7 Å². The highest BCUT2D eigenvalue weighted by Crippen LogP contribution is 2.36. The highest BCUT2D eigenvalue weighted by atomic mass is 35.5. The normalized spacial score (nSPS) is 20.6. The fourth-order valence-electron chi connectivity index (χ4n) is 4.71. The minimum absolute atomic E-state index is 0.142. The van der Waals surface area contributed by atoms with E-state index in [1.165, 1.54) is 18.8 Å². The van der Waals surface area contributed by atoms with Gasteiger partial charge in [0.2, 0.25) is 0 Å². The first kappa shape index (κ1) is 24.6. The van der Waals surface area contributed by atoms with E-state index in [0.717, 1.165) is 12.8 Å². The van der Waals surface area contributed by atoms with E-state index in [1.807, 2.05) is 0 Å². The average molecular weight is 503 g/mol. The molecular weight excluding hydrogens is 475 g/mol. The molecule has 3 aromatic rings. The van der Waals surface area contributed by atoms with Crippen LogP contribution >= 0.6 is 23.2 Å². The molecule has 4 rings (SSSR count). The molecule has 0 aliphatic heterocycles. The molecule has 3 heterocycles. The van der Waals surface area contributed by atoms with Gasteiger partial charge < -0.3 is 14.6 Å². The van der Waals surface area contributed by atoms with Gasteiger partial charge in [0.1, 0.15) is 12.4 Å². The van der Waals surface area contributed by atoms with Gasteiger partial charge in [-0.2, -0.15) is 0 Å². The topological polar surface area (TPSA) is 86.1 Å². The second-order valence-electron chi connectivity index (χ2n) is 9.31. The minimum Gasteiger partial charge on any atom is -0.357 e. The second kappa shape index (κ2) is 10.4. The smallest absolute Gasteiger partial charge is 0.296 e. The van der Waals surface area contributed by atoms with E-state index in [-0.39, 0.29) is 34.1 Å². The fraction of sp³-hybridized carbons (Fsp3) is 0.440. The zero-order valence-corrected chi connectivity index (χ0v) is 20.9. The molecular formula is C25H28Cl2N4O3. The highest BCUT2D eigenvalue weighted by molar-refractivity contribution is 6.50. The monoisotopic (exact) mass is 502 g/mol. The molecule has 180 valence electrons. The van der Waals surface area contributed by atoms with Gasteiger partial charge in [0.05, 0.1) is 27.4 Å². The summed E-state index contributed by atoms with van der Waals surface area (Å²) in [6, 6.07) is 3.50. The van der Waals surface area contributed by atoms with Gasteiger partial charge in [0.25, 0.3) is 11.7 Å². The predicted molar refractivity (Wildman–Crippen MR) is 133 cm³/mol. The maximum atomic E-state index is 13.1. The molecule has 1 fully saturated rings. The number of amides is 1. The van der Waals surface area contributed by atoms with Crippen LogP contribution in [0.5, 0.6) is 0 Å². The molecule has 1 N–H and O–H groups in total. The summed E-state index contributed by atoms with van der Waals surface area (Å²) in [5.74, 6) is 0.0801. The van der Waals surface area contributed by atoms with Gasteiger partial charge in [-0.15, -0.1) is 0 Å². The summed E-state index contributed by atoms with van der Waals surface area (Å²) in [4.78, 5) is 34.2. The highest BCUT2D eigenvalue weighted by Gasteiger charge is 2.32. The molecule has 0 bridgehead atoms. The van der Waals surface area contributed by atoms with Crippen LogP contribution in [0.3, 0.4) is 0 Å². The molecule has 9 heteroatoms. The molecule has 0 saturated heterocycles. The van der Waals surface area contributed by atoms with Gasteiger partial charge in [0, 0.05) is 30.2 Å². The van der Waals surface area contributed by atoms with Crippen molar-refractivity contribution in [1.29, 1.82) is 0 Å². The number of ketones is 1. The zero-order valence-electron chi connectivity index (χ0n) is 19.4. The number of anilines is 1. The number of Topliss-reactive ketones (excluding diaryl/α,β-unsaturated/α-hetero) is 1. The lowest BCUT2D eigenvalue weighted by molar-refractivity contribution is -0.112. The number of nitrogens with one attached hydrogen (secondary N) is 1. The number of fused-ring (bicyclic) bond motifs is 1. The Labute approximate surface area is 208 Å². The molecule has 0 spiro atoms. The molecule has 7 nitrogen and oxygen atoms in total. The van der Waals surface area contributed by atoms with Gasteiger partial charge in [-0.05, 0) is 42.7 Å². The van der Waals surface area contributed by atoms with Gasteiger partial charge in [-0.1, -0.05) is 50.4 Å². The largest absolute Gasteiger partial charge is 0.357 e. The number of aromatic nitrogens is 3. The maximum absolute atomic E-state index is 13.1. The van der Waals surface area contributed by atoms with Gasteiger partial charge in [-0.25, -0.2) is 4.98 Å². The summed E-state index contributed by atoms with van der Waals surface area (Å²) in [5, 5.41) is 3.38. The molecule has 0 aromatic carbocycles. The third-order valence-electron chi connectivity index (χ3n) is 6.57. The zero-order chi connectivity index (χ0) is 24.4. The summed E-state index contributed by atoms with van der Waals surface area (Å²) in [6.45, 7) is 6.99. The van der Waals surface area contributed by atoms with Crippen LogP contribution < -0.4 is 5.32 Å². The first-order valence-corrected chi connectivity index (χ1v) is 12.2. The van der Waals surface area contributed by atoms with Crippen molar-refractivity contribution in [1.82, 2.24) is 14.5 Å². The molecule has 0 unspecified atom stereocenters. The van der Waals surface area contributed by atoms with E-state index in [0.29, 0.717) is 28.8 Å². The molecule has 3 atom stereocenters. The van der Waals surface area contributed by atoms with Gasteiger partial charge in [-0.3, -0.25) is 14.6 Å². The van der Waals surface area contributed by atoms with Crippen LogP contribution in [0.15, 0.2) is 36.9 Å². The maximum Gasteiger partial charge on any atom is 0.296 e. The van der Waals surface area contributed by atoms with Crippen LogP contribution in [-0.4, -0.2) is 32.3 Å². The van der Waals surface area contributed by atoms with Crippen LogP contribution in [0.4, 0.5) is 5.69 Å². The van der Waals surface area contributed by atoms with Crippen molar-refractivity contribution < 1.29 is 14.3 Å². The van der Waals surface area contributed by atoms with Crippen LogP contribution in [0.1, 0.15) is 50.4 Å². The summed E-state index contributed by atoms with van der Waals surface area (Å²) < 4.78 is 8.16. The summed E-state index contributed by atoms with van der Waals surface area (Å²) in [5.41, 5.74) is 0.972. The Bertz CT molecular complexity index is 1190. The Hall–Kier alpha value is -2.48. The lowest BCUT2D eigenvalue weighted by Gasteiger charge is -2.37. The van der Waals surface area contributed by atoms with Gasteiger partial charge >= 0.3 is 0 Å². The van der Waals surface area contributed by atoms with Crippen molar-refractivity contribution in [3.8, 4) is 0 Å². The molecule has 1 saturated carbocycles. The first-order chi connectivity index (χ1) is 16.3. The van der Waals surface area contributed by atoms with Crippen molar-refractivity contribution >= 4 is 51.6 Å². The third kappa shape index (κ3) is 5.11. The van der Waals surface area contributed by atoms with Crippen LogP contribution in [0.2, 0.25) is 10.0 Å². The number of rotatable bonds is 7. The first-order valence-electron chi connectivity index (χ1n) is 11.5. The van der Waals surface area contributed by atoms with Crippen LogP contribution in [0, 0.1) is 17.8 Å². The number of halogens is 2. The number of hydrogen-bond donors (Lipinski definition) is 1. The summed E-state index contributed by atoms with van der Waals surface area (Å²) in [6.07, 6.45) is 9.50. The Balaban J connectivity index is 1.57. The number of ether oxygens (including phenoxy) is 1. The minimum atomic E-state index is -0.847. The van der Waals surface area contributed by atoms with Crippen molar-refractivity contribution in [2.75, 3.05) is 5.32 Å². The predicted octanol–water partition coefficient (Wildman–Crippen LogP) is 5.99. The molecule has 1 aliphatic rings. The van der Waals surface area contributed by atoms with Crippen LogP contribution in [0.25, 0.3) is 11.0 Å². The second-order valence-corrected chi connectivity index (χ2v) is 10.1. The fourth-order valence-corrected chi connectivity index (χ4v) is 5.17. The Kier molecular flexibility index (Phi) is 7.55. The number of carbonyl (C=O) groups excluding carboxylic acids is 2. The van der Waals surface area contributed by atoms with E-state index in [2.05, 4.69) is 36.1 Å². The number of carbonyl (C=O) groups is 2. The Morgan fingerprint density at radius 3 is 2.68 bits per heavy atom. The van der Waals surface area contributed by atoms with Gasteiger partial charge in [0.15, 0.2) is 0 Å².